The van der Waals surface area contributed by atoms with E-state index in [2.05, 4.69) is 28.2 Å². The monoisotopic (exact) mass is 388 g/mol. The predicted octanol–water partition coefficient (Wildman–Crippen LogP) is 0.853. The first-order valence-electron chi connectivity index (χ1n) is 8.56. The van der Waals surface area contributed by atoms with Gasteiger partial charge in [-0.2, -0.15) is 5.26 Å². The van der Waals surface area contributed by atoms with Gasteiger partial charge in [0.25, 0.3) is 0 Å². The average Bonchev–Trinajstić information content (AvgIpc) is 3.13. The maximum Gasteiger partial charge on any atom is 0.173 e. The minimum absolute atomic E-state index is 0. The number of para-hydroxylation sites is 2. The van der Waals surface area contributed by atoms with Crippen LogP contribution in [-0.2, 0) is 6.54 Å². The Balaban J connectivity index is 0.00000225. The molecule has 2 aromatic carbocycles. The van der Waals surface area contributed by atoms with Crippen molar-refractivity contribution in [3.05, 3.63) is 96.1 Å². The van der Waals surface area contributed by atoms with E-state index in [0.717, 1.165) is 17.6 Å². The molecule has 2 heterocycles. The number of aromatic amines is 1. The molecule has 0 unspecified atom stereocenters. The minimum atomic E-state index is -0.0941. The van der Waals surface area contributed by atoms with Crippen molar-refractivity contribution in [1.82, 2.24) is 9.97 Å². The number of nitrogens with one attached hydrogen (secondary N) is 1. The second-order valence-electron chi connectivity index (χ2n) is 6.18. The maximum absolute atomic E-state index is 10.6. The molecule has 0 saturated heterocycles. The third-order valence-corrected chi connectivity index (χ3v) is 4.35. The number of hydrogen-bond acceptors (Lipinski definition) is 3. The molecule has 4 aromatic rings. The number of H-pyrrole nitrogens is 1. The molecular formula is C22H17ClN4O. The third-order valence-electron chi connectivity index (χ3n) is 4.35. The molecule has 0 aliphatic heterocycles. The van der Waals surface area contributed by atoms with Crippen molar-refractivity contribution < 1.29 is 22.1 Å². The number of benzene rings is 2. The molecule has 0 fully saturated rings. The van der Waals surface area contributed by atoms with Crippen LogP contribution in [0, 0.1) is 11.3 Å². The first-order chi connectivity index (χ1) is 13.2. The van der Waals surface area contributed by atoms with E-state index in [1.165, 1.54) is 5.56 Å². The van der Waals surface area contributed by atoms with Gasteiger partial charge in [-0.1, -0.05) is 42.5 Å². The van der Waals surface area contributed by atoms with Gasteiger partial charge in [-0.05, 0) is 12.1 Å². The minimum Gasteiger partial charge on any atom is -1.00 e. The Morgan fingerprint density at radius 3 is 2.36 bits per heavy atom. The number of nitriles is 1. The highest BCUT2D eigenvalue weighted by Crippen LogP contribution is 2.23. The highest BCUT2D eigenvalue weighted by Gasteiger charge is 2.15. The number of halogens is 1. The van der Waals surface area contributed by atoms with E-state index in [4.69, 9.17) is 0 Å². The number of allylic oxidation sites excluding steroid dienone is 1. The van der Waals surface area contributed by atoms with Crippen molar-refractivity contribution in [2.45, 2.75) is 6.54 Å². The van der Waals surface area contributed by atoms with Crippen molar-refractivity contribution in [3.8, 4) is 6.07 Å². The molecule has 138 valence electrons. The molecule has 0 spiro atoms. The summed E-state index contributed by atoms with van der Waals surface area (Å²) in [6.07, 6.45) is 3.76. The quantitative estimate of drug-likeness (QED) is 0.309. The maximum atomic E-state index is 10.6. The molecule has 4 rings (SSSR count). The summed E-state index contributed by atoms with van der Waals surface area (Å²) in [5.74, 6) is 0.264. The normalized spacial score (nSPS) is 11.4. The Bertz CT molecular complexity index is 1130. The van der Waals surface area contributed by atoms with Crippen molar-refractivity contribution in [2.75, 3.05) is 0 Å². The Labute approximate surface area is 168 Å². The summed E-state index contributed by atoms with van der Waals surface area (Å²) in [5, 5.41) is 20.2. The molecular weight excluding hydrogens is 372 g/mol. The summed E-state index contributed by atoms with van der Waals surface area (Å²) < 4.78 is 2.01. The van der Waals surface area contributed by atoms with E-state index in [-0.39, 0.29) is 23.7 Å². The standard InChI is InChI=1S/C22H16N4O.ClH/c23-14-18(22-24-19-8-4-5-9-20(19)25-22)21(27)17-10-12-26(13-11-17)15-16-6-2-1-3-7-16;/h1-13,27H,15H2;1H. The predicted molar refractivity (Wildman–Crippen MR) is 103 cm³/mol. The number of aliphatic hydroxyl groups is 1. The number of pyridine rings is 1. The third kappa shape index (κ3) is 3.88. The molecule has 0 atom stereocenters. The zero-order chi connectivity index (χ0) is 18.6. The van der Waals surface area contributed by atoms with Crippen molar-refractivity contribution in [3.63, 3.8) is 0 Å². The summed E-state index contributed by atoms with van der Waals surface area (Å²) in [7, 11) is 0. The molecule has 5 nitrogen and oxygen atoms in total. The highest BCUT2D eigenvalue weighted by atomic mass is 35.5. The van der Waals surface area contributed by atoms with Gasteiger partial charge in [0.1, 0.15) is 17.4 Å². The lowest BCUT2D eigenvalue weighted by Crippen LogP contribution is -3.00. The number of imidazole rings is 1. The van der Waals surface area contributed by atoms with E-state index >= 15 is 0 Å². The molecule has 0 aliphatic carbocycles. The zero-order valence-corrected chi connectivity index (χ0v) is 15.6. The lowest BCUT2D eigenvalue weighted by atomic mass is 10.1. The van der Waals surface area contributed by atoms with Gasteiger partial charge >= 0.3 is 0 Å². The highest BCUT2D eigenvalue weighted by molar-refractivity contribution is 5.93. The van der Waals surface area contributed by atoms with Crippen LogP contribution in [0.25, 0.3) is 22.4 Å². The largest absolute Gasteiger partial charge is 1.00 e. The van der Waals surface area contributed by atoms with Gasteiger partial charge in [0.15, 0.2) is 24.8 Å². The molecule has 28 heavy (non-hydrogen) atoms. The van der Waals surface area contributed by atoms with E-state index in [1.807, 2.05) is 59.4 Å². The first kappa shape index (κ1) is 19.2. The van der Waals surface area contributed by atoms with Crippen LogP contribution in [0.15, 0.2) is 79.1 Å². The fourth-order valence-electron chi connectivity index (χ4n) is 2.95. The number of aromatic nitrogens is 3. The van der Waals surface area contributed by atoms with Crippen LogP contribution < -0.4 is 17.0 Å². The van der Waals surface area contributed by atoms with Crippen LogP contribution in [0.4, 0.5) is 0 Å². The summed E-state index contributed by atoms with van der Waals surface area (Å²) in [4.78, 5) is 7.49. The Morgan fingerprint density at radius 2 is 1.68 bits per heavy atom. The topological polar surface area (TPSA) is 76.6 Å². The van der Waals surface area contributed by atoms with Gasteiger partial charge in [0, 0.05) is 23.3 Å². The second kappa shape index (κ2) is 8.38. The van der Waals surface area contributed by atoms with Crippen LogP contribution in [-0.4, -0.2) is 15.1 Å². The van der Waals surface area contributed by atoms with Crippen molar-refractivity contribution in [2.24, 2.45) is 0 Å². The molecule has 0 bridgehead atoms. The van der Waals surface area contributed by atoms with E-state index in [9.17, 15) is 10.4 Å². The van der Waals surface area contributed by atoms with Gasteiger partial charge in [0.05, 0.1) is 11.0 Å². The summed E-state index contributed by atoms with van der Waals surface area (Å²) in [6.45, 7) is 0.736. The molecule has 0 radical (unpaired) electrons. The summed E-state index contributed by atoms with van der Waals surface area (Å²) >= 11 is 0. The Morgan fingerprint density at radius 1 is 1.00 bits per heavy atom. The fourth-order valence-corrected chi connectivity index (χ4v) is 2.95. The first-order valence-corrected chi connectivity index (χ1v) is 8.56. The van der Waals surface area contributed by atoms with Gasteiger partial charge in [-0.25, -0.2) is 9.55 Å². The van der Waals surface area contributed by atoms with Gasteiger partial charge in [-0.3, -0.25) is 0 Å². The Kier molecular flexibility index (Phi) is 5.73. The molecule has 0 aliphatic rings. The van der Waals surface area contributed by atoms with E-state index < -0.39 is 0 Å². The number of aliphatic hydroxyl groups excluding tert-OH is 1. The molecule has 0 amide bonds. The number of rotatable bonds is 4. The van der Waals surface area contributed by atoms with Crippen molar-refractivity contribution >= 4 is 22.4 Å². The molecule has 0 saturated carbocycles. The number of fused-ring (bicyclic) bond motifs is 1. The van der Waals surface area contributed by atoms with E-state index in [1.54, 1.807) is 12.1 Å². The summed E-state index contributed by atoms with van der Waals surface area (Å²) in [5.41, 5.74) is 3.45. The van der Waals surface area contributed by atoms with Crippen molar-refractivity contribution in [1.29, 1.82) is 5.26 Å². The lowest BCUT2D eigenvalue weighted by Gasteiger charge is -2.03. The lowest BCUT2D eigenvalue weighted by molar-refractivity contribution is -0.688. The van der Waals surface area contributed by atoms with Crippen LogP contribution in [0.5, 0.6) is 0 Å². The van der Waals surface area contributed by atoms with Crippen LogP contribution >= 0.6 is 0 Å². The fraction of sp³-hybridized carbons (Fsp3) is 0.0455. The number of hydrogen-bond donors (Lipinski definition) is 2. The number of nitrogens with zero attached hydrogens (tertiary/aromatic N) is 3. The molecule has 2 aromatic heterocycles. The molecule has 2 N–H and O–H groups in total. The zero-order valence-electron chi connectivity index (χ0n) is 14.9. The smallest absolute Gasteiger partial charge is 0.173 e. The van der Waals surface area contributed by atoms with Crippen LogP contribution in [0.3, 0.4) is 0 Å². The summed E-state index contributed by atoms with van der Waals surface area (Å²) in [6, 6.07) is 23.3. The SMILES string of the molecule is N#C/C(=C(/O)c1cc[n+](Cc2ccccc2)cc1)c1nc2ccccc2[nH]1.[Cl-]. The second-order valence-corrected chi connectivity index (χ2v) is 6.18. The van der Waals surface area contributed by atoms with Gasteiger partial charge < -0.3 is 22.5 Å². The van der Waals surface area contributed by atoms with Crippen LogP contribution in [0.1, 0.15) is 17.0 Å². The molecule has 6 heteroatoms. The van der Waals surface area contributed by atoms with E-state index in [0.29, 0.717) is 11.4 Å². The van der Waals surface area contributed by atoms with Crippen LogP contribution in [0.2, 0.25) is 0 Å². The van der Waals surface area contributed by atoms with Gasteiger partial charge in [-0.15, -0.1) is 0 Å². The average molecular weight is 389 g/mol. The van der Waals surface area contributed by atoms with Gasteiger partial charge in [0.2, 0.25) is 0 Å². The Hall–Kier alpha value is -3.62.